The quantitative estimate of drug-likeness (QED) is 0.182. The van der Waals surface area contributed by atoms with Gasteiger partial charge >= 0.3 is 184 Å². The van der Waals surface area contributed by atoms with E-state index < -0.39 is 74.4 Å². The molecule has 3 rings (SSSR count). The summed E-state index contributed by atoms with van der Waals surface area (Å²) in [6.45, 7) is 10.8. The Morgan fingerprint density at radius 1 is 0.630 bits per heavy atom. The molecule has 0 saturated carbocycles. The predicted octanol–water partition coefficient (Wildman–Crippen LogP) is 10.5. The molecule has 0 bridgehead atoms. The van der Waals surface area contributed by atoms with Gasteiger partial charge in [0.15, 0.2) is 0 Å². The number of unbranched alkanes of at least 4 members (excludes halogenated alkanes) is 3. The van der Waals surface area contributed by atoms with E-state index in [9.17, 15) is 57.8 Å². The van der Waals surface area contributed by atoms with Crippen LogP contribution in [-0.4, -0.2) is 54.3 Å². The third-order valence-electron chi connectivity index (χ3n) is 7.18. The van der Waals surface area contributed by atoms with Crippen molar-refractivity contribution in [1.29, 1.82) is 0 Å². The minimum atomic E-state index is -6.41. The van der Waals surface area contributed by atoms with Crippen molar-refractivity contribution in [1.82, 2.24) is 4.90 Å². The van der Waals surface area contributed by atoms with Crippen molar-refractivity contribution in [2.75, 3.05) is 19.6 Å². The number of fused-ring (bicyclic) bond motifs is 1. The van der Waals surface area contributed by atoms with E-state index in [1.807, 2.05) is 0 Å². The third-order valence-corrected chi connectivity index (χ3v) is 12.3. The van der Waals surface area contributed by atoms with Crippen molar-refractivity contribution in [3.8, 4) is 0 Å². The number of aliphatic hydroxyl groups is 1. The molecule has 1 aliphatic heterocycles. The fraction of sp³-hybridized carbons (Fsp3) is 0.600. The number of benzene rings is 2. The Hall–Kier alpha value is -1.79. The zero-order valence-electron chi connectivity index (χ0n) is 25.2. The van der Waals surface area contributed by atoms with Crippen LogP contribution in [0.15, 0.2) is 48.5 Å². The van der Waals surface area contributed by atoms with E-state index in [0.717, 1.165) is 24.3 Å². The second-order valence-electron chi connectivity index (χ2n) is 10.6. The molecule has 0 radical (unpaired) electrons. The molecule has 264 valence electrons. The maximum atomic E-state index is 13.8. The van der Waals surface area contributed by atoms with Gasteiger partial charge < -0.3 is 4.90 Å². The summed E-state index contributed by atoms with van der Waals surface area (Å²) in [5, 5.41) is 9.77. The molecule has 46 heavy (non-hydrogen) atoms. The zero-order chi connectivity index (χ0) is 35.2. The van der Waals surface area contributed by atoms with E-state index in [1.54, 1.807) is 0 Å². The van der Waals surface area contributed by atoms with Gasteiger partial charge in [0.1, 0.15) is 0 Å². The molecule has 3 nitrogen and oxygen atoms in total. The molecule has 2 aromatic carbocycles. The van der Waals surface area contributed by atoms with Crippen LogP contribution in [0.1, 0.15) is 70.4 Å². The number of hydrogen-bond acceptors (Lipinski definition) is 3. The molecule has 0 amide bonds. The van der Waals surface area contributed by atoms with Crippen LogP contribution >= 0.6 is 20.2 Å². The van der Waals surface area contributed by atoms with Crippen molar-refractivity contribution in [2.45, 2.75) is 95.2 Å². The van der Waals surface area contributed by atoms with Crippen LogP contribution in [0.2, 0.25) is 0 Å². The standard InChI is InChI=1S/C18H9F12IO2.C12H27N/c19-15(20,21)13(32,16(22,23)24)9-5-1-3-7-11(9)31-12-8-4-2-6-10(12)14(33-31,17(25,26)27)18(28,29)30;1-4-7-10-13(11-8-5-2)12-9-6-3/h1-8,32H;4-12H2,1-3H3. The van der Waals surface area contributed by atoms with Gasteiger partial charge in [-0.25, -0.2) is 0 Å². The Balaban J connectivity index is 0.000000479. The Kier molecular flexibility index (Phi) is 13.7. The van der Waals surface area contributed by atoms with Gasteiger partial charge in [-0.1, -0.05) is 40.0 Å². The van der Waals surface area contributed by atoms with Crippen molar-refractivity contribution >= 4 is 20.2 Å². The summed E-state index contributed by atoms with van der Waals surface area (Å²) in [5.41, 5.74) is -14.0. The predicted molar refractivity (Wildman–Crippen MR) is 156 cm³/mol. The van der Waals surface area contributed by atoms with Gasteiger partial charge in [0, 0.05) is 0 Å². The van der Waals surface area contributed by atoms with Gasteiger partial charge in [0.2, 0.25) is 0 Å². The summed E-state index contributed by atoms with van der Waals surface area (Å²) in [6.07, 6.45) is -17.1. The van der Waals surface area contributed by atoms with E-state index in [0.29, 0.717) is 18.2 Å². The van der Waals surface area contributed by atoms with Crippen LogP contribution in [0.3, 0.4) is 0 Å². The third kappa shape index (κ3) is 8.25. The van der Waals surface area contributed by atoms with Gasteiger partial charge in [0.05, 0.1) is 0 Å². The van der Waals surface area contributed by atoms with Gasteiger partial charge in [-0.05, 0) is 38.9 Å². The zero-order valence-corrected chi connectivity index (χ0v) is 27.4. The summed E-state index contributed by atoms with van der Waals surface area (Å²) in [5.74, 6) is 0. The Labute approximate surface area is 267 Å². The van der Waals surface area contributed by atoms with E-state index in [-0.39, 0.29) is 6.07 Å². The first-order valence-corrected chi connectivity index (χ1v) is 17.5. The van der Waals surface area contributed by atoms with E-state index in [4.69, 9.17) is 0 Å². The summed E-state index contributed by atoms with van der Waals surface area (Å²) in [7, 11) is 0. The average molecular weight is 798 g/mol. The van der Waals surface area contributed by atoms with Crippen LogP contribution < -0.4 is 0 Å². The van der Waals surface area contributed by atoms with Gasteiger partial charge in [-0.15, -0.1) is 0 Å². The van der Waals surface area contributed by atoms with Crippen molar-refractivity contribution in [3.05, 3.63) is 66.8 Å². The molecule has 0 spiro atoms. The molecule has 16 heteroatoms. The van der Waals surface area contributed by atoms with Gasteiger partial charge in [0.25, 0.3) is 0 Å². The summed E-state index contributed by atoms with van der Waals surface area (Å²) in [6, 6.07) is 4.95. The maximum absolute atomic E-state index is 13.8. The summed E-state index contributed by atoms with van der Waals surface area (Å²) < 4.78 is 166. The van der Waals surface area contributed by atoms with Crippen LogP contribution in [0, 0.1) is 7.14 Å². The van der Waals surface area contributed by atoms with Gasteiger partial charge in [-0.2, -0.15) is 0 Å². The molecule has 0 unspecified atom stereocenters. The van der Waals surface area contributed by atoms with Crippen LogP contribution in [0.25, 0.3) is 0 Å². The van der Waals surface area contributed by atoms with E-state index >= 15 is 0 Å². The van der Waals surface area contributed by atoms with E-state index in [1.165, 1.54) is 58.2 Å². The molecule has 1 heterocycles. The molecule has 0 saturated heterocycles. The van der Waals surface area contributed by atoms with Crippen LogP contribution in [-0.2, 0) is 14.3 Å². The average Bonchev–Trinajstić information content (AvgIpc) is 3.33. The monoisotopic (exact) mass is 797 g/mol. The molecule has 0 fully saturated rings. The van der Waals surface area contributed by atoms with Crippen molar-refractivity contribution < 1.29 is 60.9 Å². The molecule has 0 aromatic heterocycles. The first-order valence-electron chi connectivity index (χ1n) is 14.5. The Morgan fingerprint density at radius 2 is 1.02 bits per heavy atom. The molecule has 0 atom stereocenters. The van der Waals surface area contributed by atoms with E-state index in [2.05, 4.69) is 28.7 Å². The van der Waals surface area contributed by atoms with Crippen molar-refractivity contribution in [3.63, 3.8) is 0 Å². The number of hydrogen-bond donors (Lipinski definition) is 1. The molecular weight excluding hydrogens is 761 g/mol. The second-order valence-corrected chi connectivity index (χ2v) is 14.8. The van der Waals surface area contributed by atoms with Crippen LogP contribution in [0.4, 0.5) is 52.7 Å². The number of halogens is 13. The number of rotatable bonds is 11. The number of alkyl halides is 12. The minimum absolute atomic E-state index is 0.140. The number of nitrogens with zero attached hydrogens (tertiary/aromatic N) is 1. The second kappa shape index (κ2) is 15.6. The fourth-order valence-corrected chi connectivity index (χ4v) is 10.4. The fourth-order valence-electron chi connectivity index (χ4n) is 4.65. The first kappa shape index (κ1) is 40.4. The Morgan fingerprint density at radius 3 is 1.41 bits per heavy atom. The summed E-state index contributed by atoms with van der Waals surface area (Å²) in [4.78, 5) is 2.64. The SMILES string of the molecule is CCCCN(CCCC)CCCC.OC(c1ccccc1I1OC(C(F)(F)F)(C(F)(F)F)c2ccccc21)(C(F)(F)F)C(F)(F)F. The first-order chi connectivity index (χ1) is 21.2. The summed E-state index contributed by atoms with van der Waals surface area (Å²) >= 11 is -4.78. The topological polar surface area (TPSA) is 32.7 Å². The normalized spacial score (nSPS) is 16.3. The molecule has 2 aromatic rings. The van der Waals surface area contributed by atoms with Crippen molar-refractivity contribution in [2.24, 2.45) is 0 Å². The van der Waals surface area contributed by atoms with Crippen LogP contribution in [0.5, 0.6) is 0 Å². The Bertz CT molecular complexity index is 1200. The van der Waals surface area contributed by atoms with Gasteiger partial charge in [-0.3, -0.25) is 0 Å². The molecule has 0 aliphatic carbocycles. The molecule has 1 aliphatic rings. The molecular formula is C30H36F12INO2. The molecule has 1 N–H and O–H groups in total.